The van der Waals surface area contributed by atoms with E-state index in [0.29, 0.717) is 18.8 Å². The molecule has 1 aromatic heterocycles. The van der Waals surface area contributed by atoms with E-state index in [1.54, 1.807) is 7.11 Å². The molecule has 0 spiro atoms. The van der Waals surface area contributed by atoms with Crippen LogP contribution in [0.2, 0.25) is 0 Å². The van der Waals surface area contributed by atoms with Crippen molar-refractivity contribution in [1.29, 1.82) is 0 Å². The highest BCUT2D eigenvalue weighted by atomic mass is 32.2. The predicted octanol–water partition coefficient (Wildman–Crippen LogP) is 0.943. The van der Waals surface area contributed by atoms with Crippen molar-refractivity contribution in [2.24, 2.45) is 0 Å². The van der Waals surface area contributed by atoms with Gasteiger partial charge < -0.3 is 14.8 Å². The highest BCUT2D eigenvalue weighted by Gasteiger charge is 2.28. The van der Waals surface area contributed by atoms with Crippen molar-refractivity contribution in [3.63, 3.8) is 0 Å². The summed E-state index contributed by atoms with van der Waals surface area (Å²) in [5, 5.41) is 8.99. The molecule has 0 saturated heterocycles. The van der Waals surface area contributed by atoms with Crippen LogP contribution in [-0.2, 0) is 21.4 Å². The van der Waals surface area contributed by atoms with E-state index in [1.165, 1.54) is 16.6 Å². The van der Waals surface area contributed by atoms with Gasteiger partial charge in [-0.25, -0.2) is 8.42 Å². The molecular weight excluding hydrogens is 268 g/mol. The number of methoxy groups -OCH3 is 1. The molecule has 110 valence electrons. The molecule has 0 aliphatic carbocycles. The van der Waals surface area contributed by atoms with Gasteiger partial charge in [0.1, 0.15) is 0 Å². The Kier molecular flexibility index (Phi) is 5.99. The SMILES string of the molecule is CCC(C)N(CCOC)S(=O)(=O)c1c[nH]c(CO)c1. The molecule has 0 aliphatic heterocycles. The average Bonchev–Trinajstić information content (AvgIpc) is 2.88. The third kappa shape index (κ3) is 3.79. The van der Waals surface area contributed by atoms with E-state index in [1.807, 2.05) is 13.8 Å². The zero-order valence-electron chi connectivity index (χ0n) is 11.6. The molecule has 7 heteroatoms. The third-order valence-electron chi connectivity index (χ3n) is 3.09. The van der Waals surface area contributed by atoms with E-state index in [-0.39, 0.29) is 17.5 Å². The second-order valence-electron chi connectivity index (χ2n) is 4.38. The maximum Gasteiger partial charge on any atom is 0.244 e. The lowest BCUT2D eigenvalue weighted by molar-refractivity contribution is 0.167. The Labute approximate surface area is 114 Å². The van der Waals surface area contributed by atoms with Gasteiger partial charge in [-0.2, -0.15) is 4.31 Å². The second kappa shape index (κ2) is 7.04. The van der Waals surface area contributed by atoms with E-state index in [0.717, 1.165) is 6.42 Å². The number of aromatic nitrogens is 1. The van der Waals surface area contributed by atoms with Crippen LogP contribution in [0.1, 0.15) is 26.0 Å². The molecule has 0 aromatic carbocycles. The van der Waals surface area contributed by atoms with Gasteiger partial charge in [0.25, 0.3) is 0 Å². The van der Waals surface area contributed by atoms with E-state index in [9.17, 15) is 8.42 Å². The Morgan fingerprint density at radius 2 is 2.21 bits per heavy atom. The molecule has 19 heavy (non-hydrogen) atoms. The van der Waals surface area contributed by atoms with Gasteiger partial charge in [0.05, 0.1) is 18.1 Å². The van der Waals surface area contributed by atoms with Gasteiger partial charge >= 0.3 is 0 Å². The first-order valence-corrected chi connectivity index (χ1v) is 7.70. The van der Waals surface area contributed by atoms with Crippen LogP contribution in [0.15, 0.2) is 17.2 Å². The minimum Gasteiger partial charge on any atom is -0.390 e. The van der Waals surface area contributed by atoms with Crippen molar-refractivity contribution in [2.75, 3.05) is 20.3 Å². The minimum atomic E-state index is -3.56. The molecule has 0 amide bonds. The Balaban J connectivity index is 3.04. The fraction of sp³-hybridized carbons (Fsp3) is 0.667. The van der Waals surface area contributed by atoms with Crippen LogP contribution in [0.3, 0.4) is 0 Å². The summed E-state index contributed by atoms with van der Waals surface area (Å²) in [6, 6.07) is 1.35. The van der Waals surface area contributed by atoms with Crippen molar-refractivity contribution in [3.05, 3.63) is 18.0 Å². The Morgan fingerprint density at radius 1 is 1.53 bits per heavy atom. The molecule has 0 radical (unpaired) electrons. The number of aliphatic hydroxyl groups is 1. The Morgan fingerprint density at radius 3 is 2.68 bits per heavy atom. The van der Waals surface area contributed by atoms with Gasteiger partial charge in [-0.15, -0.1) is 0 Å². The first kappa shape index (κ1) is 16.2. The van der Waals surface area contributed by atoms with Gasteiger partial charge in [-0.05, 0) is 19.4 Å². The molecule has 0 bridgehead atoms. The van der Waals surface area contributed by atoms with Gasteiger partial charge in [0.2, 0.25) is 10.0 Å². The summed E-state index contributed by atoms with van der Waals surface area (Å²) >= 11 is 0. The topological polar surface area (TPSA) is 82.6 Å². The predicted molar refractivity (Wildman–Crippen MR) is 72.2 cm³/mol. The maximum atomic E-state index is 12.5. The molecule has 6 nitrogen and oxygen atoms in total. The molecule has 2 N–H and O–H groups in total. The van der Waals surface area contributed by atoms with Gasteiger partial charge in [0, 0.05) is 31.6 Å². The lowest BCUT2D eigenvalue weighted by atomic mass is 10.3. The van der Waals surface area contributed by atoms with E-state index < -0.39 is 10.0 Å². The smallest absolute Gasteiger partial charge is 0.244 e. The second-order valence-corrected chi connectivity index (χ2v) is 6.28. The molecule has 1 heterocycles. The lowest BCUT2D eigenvalue weighted by Crippen LogP contribution is -2.40. The molecule has 1 atom stereocenters. The zero-order chi connectivity index (χ0) is 14.5. The number of aliphatic hydroxyl groups excluding tert-OH is 1. The molecule has 0 fully saturated rings. The summed E-state index contributed by atoms with van der Waals surface area (Å²) in [4.78, 5) is 2.92. The molecule has 1 rings (SSSR count). The van der Waals surface area contributed by atoms with Crippen LogP contribution in [0.5, 0.6) is 0 Å². The number of sulfonamides is 1. The van der Waals surface area contributed by atoms with Crippen molar-refractivity contribution < 1.29 is 18.3 Å². The normalized spacial score (nSPS) is 13.9. The van der Waals surface area contributed by atoms with Crippen LogP contribution >= 0.6 is 0 Å². The molecule has 0 aliphatic rings. The van der Waals surface area contributed by atoms with Crippen LogP contribution in [-0.4, -0.2) is 49.1 Å². The summed E-state index contributed by atoms with van der Waals surface area (Å²) in [5.74, 6) is 0. The first-order chi connectivity index (χ1) is 8.97. The number of rotatable bonds is 8. The quantitative estimate of drug-likeness (QED) is 0.746. The number of nitrogens with one attached hydrogen (secondary N) is 1. The highest BCUT2D eigenvalue weighted by Crippen LogP contribution is 2.20. The summed E-state index contributed by atoms with van der Waals surface area (Å²) < 4.78 is 31.5. The summed E-state index contributed by atoms with van der Waals surface area (Å²) in [6.45, 7) is 4.26. The number of nitrogens with zero attached hydrogens (tertiary/aromatic N) is 1. The minimum absolute atomic E-state index is 0.104. The largest absolute Gasteiger partial charge is 0.390 e. The van der Waals surface area contributed by atoms with Gasteiger partial charge in [-0.1, -0.05) is 6.92 Å². The van der Waals surface area contributed by atoms with E-state index in [4.69, 9.17) is 9.84 Å². The maximum absolute atomic E-state index is 12.5. The van der Waals surface area contributed by atoms with Crippen molar-refractivity contribution in [3.8, 4) is 0 Å². The number of hydrogen-bond acceptors (Lipinski definition) is 4. The molecule has 1 unspecified atom stereocenters. The Hall–Kier alpha value is -0.890. The molecule has 1 aromatic rings. The van der Waals surface area contributed by atoms with Crippen molar-refractivity contribution in [1.82, 2.24) is 9.29 Å². The highest BCUT2D eigenvalue weighted by molar-refractivity contribution is 7.89. The third-order valence-corrected chi connectivity index (χ3v) is 5.08. The number of ether oxygens (including phenoxy) is 1. The van der Waals surface area contributed by atoms with Crippen LogP contribution in [0, 0.1) is 0 Å². The lowest BCUT2D eigenvalue weighted by Gasteiger charge is -2.26. The van der Waals surface area contributed by atoms with Crippen LogP contribution in [0.4, 0.5) is 0 Å². The van der Waals surface area contributed by atoms with Gasteiger partial charge in [-0.3, -0.25) is 0 Å². The standard InChI is InChI=1S/C12H22N2O4S/c1-4-10(2)14(5-6-18-3)19(16,17)12-7-11(9-15)13-8-12/h7-8,10,13,15H,4-6,9H2,1-3H3. The van der Waals surface area contributed by atoms with Crippen LogP contribution in [0.25, 0.3) is 0 Å². The monoisotopic (exact) mass is 290 g/mol. The van der Waals surface area contributed by atoms with Gasteiger partial charge in [0.15, 0.2) is 0 Å². The van der Waals surface area contributed by atoms with E-state index in [2.05, 4.69) is 4.98 Å². The van der Waals surface area contributed by atoms with Crippen molar-refractivity contribution in [2.45, 2.75) is 37.8 Å². The number of aromatic amines is 1. The summed E-state index contributed by atoms with van der Waals surface area (Å²) in [7, 11) is -2.02. The van der Waals surface area contributed by atoms with Crippen molar-refractivity contribution >= 4 is 10.0 Å². The molecular formula is C12H22N2O4S. The fourth-order valence-electron chi connectivity index (χ4n) is 1.76. The number of hydrogen-bond donors (Lipinski definition) is 2. The first-order valence-electron chi connectivity index (χ1n) is 6.26. The average molecular weight is 290 g/mol. The molecule has 0 saturated carbocycles. The summed E-state index contributed by atoms with van der Waals surface area (Å²) in [5.41, 5.74) is 0.481. The van der Waals surface area contributed by atoms with Crippen LogP contribution < -0.4 is 0 Å². The number of H-pyrrole nitrogens is 1. The van der Waals surface area contributed by atoms with E-state index >= 15 is 0 Å². The Bertz CT molecular complexity index is 484. The fourth-order valence-corrected chi connectivity index (χ4v) is 3.46. The summed E-state index contributed by atoms with van der Waals surface area (Å²) in [6.07, 6.45) is 2.13. The zero-order valence-corrected chi connectivity index (χ0v) is 12.4.